The Morgan fingerprint density at radius 1 is 1.28 bits per heavy atom. The van der Waals surface area contributed by atoms with Gasteiger partial charge >= 0.3 is 0 Å². The number of alkyl halides is 2. The van der Waals surface area contributed by atoms with Crippen LogP contribution in [0.4, 0.5) is 8.78 Å². The first kappa shape index (κ1) is 21.5. The van der Waals surface area contributed by atoms with Gasteiger partial charge in [-0.15, -0.1) is 0 Å². The summed E-state index contributed by atoms with van der Waals surface area (Å²) in [7, 11) is 0. The highest BCUT2D eigenvalue weighted by Gasteiger charge is 2.15. The van der Waals surface area contributed by atoms with Crippen molar-refractivity contribution in [3.05, 3.63) is 41.3 Å². The van der Waals surface area contributed by atoms with Crippen molar-refractivity contribution >= 4 is 16.7 Å². The van der Waals surface area contributed by atoms with Crippen LogP contribution in [-0.4, -0.2) is 12.8 Å². The van der Waals surface area contributed by atoms with Gasteiger partial charge in [0.25, 0.3) is 6.48 Å². The number of hydrogen-bond acceptors (Lipinski definition) is 4. The summed E-state index contributed by atoms with van der Waals surface area (Å²) >= 11 is 1.49. The quantitative estimate of drug-likeness (QED) is 0.404. The monoisotopic (exact) mass is 371 g/mol. The number of nitrogens with two attached hydrogens (primary N) is 1. The molecule has 1 aromatic carbocycles. The molecule has 0 saturated carbocycles. The highest BCUT2D eigenvalue weighted by Crippen LogP contribution is 2.40. The van der Waals surface area contributed by atoms with Crippen LogP contribution in [-0.2, 0) is 0 Å². The molecule has 0 aliphatic rings. The Morgan fingerprint density at radius 2 is 1.96 bits per heavy atom. The van der Waals surface area contributed by atoms with E-state index in [0.29, 0.717) is 22.1 Å². The van der Waals surface area contributed by atoms with Gasteiger partial charge in [0.1, 0.15) is 11.5 Å². The molecule has 0 amide bonds. The van der Waals surface area contributed by atoms with Crippen molar-refractivity contribution in [2.45, 2.75) is 53.4 Å². The SMILES string of the molecule is C=C(S/C(=C\C(C)CC)CC)c1cc(OC(N)F)ccc1OC(C)F. The van der Waals surface area contributed by atoms with Crippen molar-refractivity contribution in [3.8, 4) is 11.5 Å². The Kier molecular flexibility index (Phi) is 9.00. The Morgan fingerprint density at radius 3 is 2.48 bits per heavy atom. The minimum Gasteiger partial charge on any atom is -0.460 e. The summed E-state index contributed by atoms with van der Waals surface area (Å²) in [6, 6.07) is 4.57. The van der Waals surface area contributed by atoms with Crippen LogP contribution in [0.5, 0.6) is 11.5 Å². The molecule has 140 valence electrons. The maximum Gasteiger partial charge on any atom is 0.294 e. The summed E-state index contributed by atoms with van der Waals surface area (Å²) in [5.74, 6) is 1.01. The van der Waals surface area contributed by atoms with Crippen LogP contribution in [0.25, 0.3) is 4.91 Å². The second kappa shape index (κ2) is 10.5. The minimum absolute atomic E-state index is 0.231. The molecule has 0 bridgehead atoms. The van der Waals surface area contributed by atoms with E-state index in [1.165, 1.54) is 30.8 Å². The first-order valence-electron chi connectivity index (χ1n) is 8.35. The topological polar surface area (TPSA) is 44.5 Å². The molecular formula is C19H27F2NO2S. The maximum atomic E-state index is 13.3. The van der Waals surface area contributed by atoms with Crippen molar-refractivity contribution in [1.82, 2.24) is 0 Å². The highest BCUT2D eigenvalue weighted by atomic mass is 32.2. The summed E-state index contributed by atoms with van der Waals surface area (Å²) in [6.45, 7) is 9.78. The van der Waals surface area contributed by atoms with Gasteiger partial charge in [-0.25, -0.2) is 4.39 Å². The lowest BCUT2D eigenvalue weighted by Gasteiger charge is -2.17. The first-order valence-corrected chi connectivity index (χ1v) is 9.17. The predicted molar refractivity (Wildman–Crippen MR) is 102 cm³/mol. The normalized spacial score (nSPS) is 15.4. The van der Waals surface area contributed by atoms with Gasteiger partial charge in [0, 0.05) is 17.4 Å². The molecule has 6 heteroatoms. The average Bonchev–Trinajstić information content (AvgIpc) is 2.54. The van der Waals surface area contributed by atoms with Crippen molar-refractivity contribution in [3.63, 3.8) is 0 Å². The molecule has 1 aromatic rings. The van der Waals surface area contributed by atoms with Crippen molar-refractivity contribution in [1.29, 1.82) is 0 Å². The fraction of sp³-hybridized carbons (Fsp3) is 0.474. The number of hydrogen-bond donors (Lipinski definition) is 1. The fourth-order valence-corrected chi connectivity index (χ4v) is 3.11. The van der Waals surface area contributed by atoms with Crippen molar-refractivity contribution in [2.75, 3.05) is 0 Å². The predicted octanol–water partition coefficient (Wildman–Crippen LogP) is 6.02. The number of thioether (sulfide) groups is 1. The van der Waals surface area contributed by atoms with Gasteiger partial charge in [-0.05, 0) is 35.4 Å². The molecule has 3 atom stereocenters. The van der Waals surface area contributed by atoms with Crippen molar-refractivity contribution < 1.29 is 18.3 Å². The molecule has 3 nitrogen and oxygen atoms in total. The van der Waals surface area contributed by atoms with Crippen molar-refractivity contribution in [2.24, 2.45) is 11.7 Å². The summed E-state index contributed by atoms with van der Waals surface area (Å²) in [6.07, 6.45) is 2.62. The molecule has 2 N–H and O–H groups in total. The smallest absolute Gasteiger partial charge is 0.294 e. The van der Waals surface area contributed by atoms with E-state index in [1.54, 1.807) is 6.07 Å². The third kappa shape index (κ3) is 7.48. The highest BCUT2D eigenvalue weighted by molar-refractivity contribution is 8.11. The Hall–Kier alpha value is -1.53. The zero-order valence-corrected chi connectivity index (χ0v) is 16.0. The number of ether oxygens (including phenoxy) is 2. The number of benzene rings is 1. The van der Waals surface area contributed by atoms with E-state index in [2.05, 4.69) is 33.4 Å². The van der Waals surface area contributed by atoms with Crippen LogP contribution in [0.2, 0.25) is 0 Å². The molecule has 0 radical (unpaired) electrons. The lowest BCUT2D eigenvalue weighted by atomic mass is 10.1. The molecule has 1 rings (SSSR count). The second-order valence-corrected chi connectivity index (χ2v) is 6.91. The Labute approximate surface area is 153 Å². The number of rotatable bonds is 10. The summed E-state index contributed by atoms with van der Waals surface area (Å²) in [4.78, 5) is 1.83. The van der Waals surface area contributed by atoms with Gasteiger partial charge in [0.05, 0.1) is 0 Å². The van der Waals surface area contributed by atoms with E-state index in [0.717, 1.165) is 17.7 Å². The Bertz CT molecular complexity index is 603. The lowest BCUT2D eigenvalue weighted by Crippen LogP contribution is -2.20. The Balaban J connectivity index is 3.12. The van der Waals surface area contributed by atoms with Crippen LogP contribution in [0, 0.1) is 5.92 Å². The summed E-state index contributed by atoms with van der Waals surface area (Å²) in [5, 5.41) is 0. The summed E-state index contributed by atoms with van der Waals surface area (Å²) < 4.78 is 36.3. The molecule has 0 aromatic heterocycles. The molecular weight excluding hydrogens is 344 g/mol. The zero-order valence-electron chi connectivity index (χ0n) is 15.2. The van der Waals surface area contributed by atoms with Gasteiger partial charge in [-0.1, -0.05) is 51.6 Å². The summed E-state index contributed by atoms with van der Waals surface area (Å²) in [5.41, 5.74) is 5.58. The average molecular weight is 371 g/mol. The van der Waals surface area contributed by atoms with E-state index < -0.39 is 12.8 Å². The van der Waals surface area contributed by atoms with Crippen LogP contribution < -0.4 is 15.2 Å². The molecule has 0 aliphatic heterocycles. The number of halogens is 2. The molecule has 0 aliphatic carbocycles. The van der Waals surface area contributed by atoms with Gasteiger partial charge in [0.15, 0.2) is 0 Å². The van der Waals surface area contributed by atoms with Gasteiger partial charge in [-0.3, -0.25) is 5.73 Å². The van der Waals surface area contributed by atoms with E-state index in [-0.39, 0.29) is 5.75 Å². The van der Waals surface area contributed by atoms with Crippen LogP contribution in [0.3, 0.4) is 0 Å². The standard InChI is InChI=1S/C19H27F2NO2S/c1-6-12(3)10-16(7-2)25-13(4)17-11-15(24-19(21)22)8-9-18(17)23-14(5)20/h8-12,14,19H,4,6-7,22H2,1-3,5H3/b16-10-. The zero-order chi connectivity index (χ0) is 19.0. The first-order chi connectivity index (χ1) is 11.8. The maximum absolute atomic E-state index is 13.3. The van der Waals surface area contributed by atoms with Gasteiger partial charge in [-0.2, -0.15) is 4.39 Å². The van der Waals surface area contributed by atoms with E-state index in [1.807, 2.05) is 0 Å². The van der Waals surface area contributed by atoms with Crippen LogP contribution in [0.1, 0.15) is 46.1 Å². The molecule has 3 unspecified atom stereocenters. The van der Waals surface area contributed by atoms with Crippen LogP contribution in [0.15, 0.2) is 35.8 Å². The third-order valence-corrected chi connectivity index (χ3v) is 4.66. The molecule has 25 heavy (non-hydrogen) atoms. The third-order valence-electron chi connectivity index (χ3n) is 3.51. The van der Waals surface area contributed by atoms with Crippen LogP contribution >= 0.6 is 11.8 Å². The second-order valence-electron chi connectivity index (χ2n) is 5.69. The molecule has 0 fully saturated rings. The largest absolute Gasteiger partial charge is 0.460 e. The molecule has 0 spiro atoms. The van der Waals surface area contributed by atoms with E-state index in [4.69, 9.17) is 15.2 Å². The van der Waals surface area contributed by atoms with E-state index >= 15 is 0 Å². The van der Waals surface area contributed by atoms with Gasteiger partial charge in [0.2, 0.25) is 6.36 Å². The fourth-order valence-electron chi connectivity index (χ4n) is 2.08. The molecule has 0 saturated heterocycles. The van der Waals surface area contributed by atoms with E-state index in [9.17, 15) is 8.78 Å². The minimum atomic E-state index is -1.93. The number of allylic oxidation sites excluding steroid dienone is 2. The van der Waals surface area contributed by atoms with Gasteiger partial charge < -0.3 is 9.47 Å². The molecule has 0 heterocycles. The lowest BCUT2D eigenvalue weighted by molar-refractivity contribution is 0.0727.